The molecule has 0 atom stereocenters. The van der Waals surface area contributed by atoms with E-state index in [1.807, 2.05) is 6.07 Å². The number of ether oxygens (including phenoxy) is 2. The van der Waals surface area contributed by atoms with E-state index in [0.29, 0.717) is 17.9 Å². The Kier molecular flexibility index (Phi) is 4.10. The Bertz CT molecular complexity index is 396. The van der Waals surface area contributed by atoms with Gasteiger partial charge in [0.25, 0.3) is 0 Å². The van der Waals surface area contributed by atoms with Gasteiger partial charge in [-0.05, 0) is 0 Å². The van der Waals surface area contributed by atoms with E-state index in [9.17, 15) is 0 Å². The van der Waals surface area contributed by atoms with E-state index in [0.717, 1.165) is 0 Å². The number of nitriles is 1. The highest BCUT2D eigenvalue weighted by molar-refractivity contribution is 5.54. The molecule has 0 saturated carbocycles. The van der Waals surface area contributed by atoms with Gasteiger partial charge in [-0.3, -0.25) is 0 Å². The average Bonchev–Trinajstić information content (AvgIpc) is 2.29. The first kappa shape index (κ1) is 11.0. The molecule has 1 aromatic rings. The molecule has 0 aromatic carbocycles. The largest absolute Gasteiger partial charge is 0.480 e. The van der Waals surface area contributed by atoms with Crippen molar-refractivity contribution in [2.75, 3.05) is 14.2 Å². The van der Waals surface area contributed by atoms with Crippen LogP contribution in [0.25, 0.3) is 6.08 Å². The maximum Gasteiger partial charge on any atom is 0.319 e. The normalized spacial score (nSPS) is 9.93. The lowest BCUT2D eigenvalue weighted by Gasteiger charge is -2.04. The standard InChI is InChI=1S/C10H11N3O2/c1-14-9-8(5-3-4-6-11)7-12-10(13-9)15-2/h3,5,7H,4H2,1-2H3. The zero-order valence-corrected chi connectivity index (χ0v) is 8.60. The minimum atomic E-state index is 0.254. The van der Waals surface area contributed by atoms with Crippen molar-refractivity contribution in [3.8, 4) is 18.0 Å². The summed E-state index contributed by atoms with van der Waals surface area (Å²) in [4.78, 5) is 7.94. The SMILES string of the molecule is COc1ncc(C=CCC#N)c(OC)n1. The van der Waals surface area contributed by atoms with Gasteiger partial charge in [-0.25, -0.2) is 4.98 Å². The fraction of sp³-hybridized carbons (Fsp3) is 0.300. The Balaban J connectivity index is 2.93. The second kappa shape index (κ2) is 5.60. The average molecular weight is 205 g/mol. The third-order valence-electron chi connectivity index (χ3n) is 1.64. The molecule has 1 aromatic heterocycles. The molecule has 0 fully saturated rings. The molecule has 0 radical (unpaired) electrons. The molecule has 0 spiro atoms. The van der Waals surface area contributed by atoms with Gasteiger partial charge in [0.15, 0.2) is 0 Å². The Morgan fingerprint density at radius 3 is 2.87 bits per heavy atom. The van der Waals surface area contributed by atoms with Crippen LogP contribution in [0, 0.1) is 11.3 Å². The second-order valence-electron chi connectivity index (χ2n) is 2.59. The van der Waals surface area contributed by atoms with Gasteiger partial charge in [0, 0.05) is 6.20 Å². The zero-order chi connectivity index (χ0) is 11.1. The lowest BCUT2D eigenvalue weighted by atomic mass is 10.3. The van der Waals surface area contributed by atoms with Gasteiger partial charge >= 0.3 is 6.01 Å². The van der Waals surface area contributed by atoms with E-state index in [2.05, 4.69) is 9.97 Å². The van der Waals surface area contributed by atoms with Crippen LogP contribution >= 0.6 is 0 Å². The minimum absolute atomic E-state index is 0.254. The predicted octanol–water partition coefficient (Wildman–Crippen LogP) is 1.42. The number of aromatic nitrogens is 2. The zero-order valence-electron chi connectivity index (χ0n) is 8.60. The van der Waals surface area contributed by atoms with E-state index in [1.54, 1.807) is 18.3 Å². The molecular formula is C10H11N3O2. The maximum absolute atomic E-state index is 8.37. The van der Waals surface area contributed by atoms with Crippen molar-refractivity contribution in [1.29, 1.82) is 5.26 Å². The molecule has 0 N–H and O–H groups in total. The Morgan fingerprint density at radius 2 is 2.27 bits per heavy atom. The highest BCUT2D eigenvalue weighted by Gasteiger charge is 2.04. The van der Waals surface area contributed by atoms with E-state index in [-0.39, 0.29) is 6.01 Å². The van der Waals surface area contributed by atoms with Crippen LogP contribution in [0.3, 0.4) is 0 Å². The molecule has 0 aliphatic carbocycles. The van der Waals surface area contributed by atoms with E-state index in [1.165, 1.54) is 14.2 Å². The molecule has 15 heavy (non-hydrogen) atoms. The van der Waals surface area contributed by atoms with Crippen LogP contribution in [0.4, 0.5) is 0 Å². The van der Waals surface area contributed by atoms with Crippen molar-refractivity contribution in [2.45, 2.75) is 6.42 Å². The van der Waals surface area contributed by atoms with Crippen molar-refractivity contribution in [3.63, 3.8) is 0 Å². The summed E-state index contributed by atoms with van der Waals surface area (Å²) >= 11 is 0. The monoisotopic (exact) mass is 205 g/mol. The molecule has 1 rings (SSSR count). The molecule has 0 aliphatic rings. The molecule has 0 saturated heterocycles. The van der Waals surface area contributed by atoms with E-state index < -0.39 is 0 Å². The van der Waals surface area contributed by atoms with Crippen LogP contribution < -0.4 is 9.47 Å². The number of hydrogen-bond donors (Lipinski definition) is 0. The molecule has 78 valence electrons. The summed E-state index contributed by atoms with van der Waals surface area (Å²) in [7, 11) is 3.00. The summed E-state index contributed by atoms with van der Waals surface area (Å²) < 4.78 is 9.91. The molecular weight excluding hydrogens is 194 g/mol. The number of rotatable bonds is 4. The van der Waals surface area contributed by atoms with Crippen molar-refractivity contribution in [3.05, 3.63) is 17.8 Å². The van der Waals surface area contributed by atoms with Gasteiger partial charge in [0.05, 0.1) is 32.3 Å². The van der Waals surface area contributed by atoms with Crippen molar-refractivity contribution >= 4 is 6.08 Å². The van der Waals surface area contributed by atoms with Crippen LogP contribution in [0.2, 0.25) is 0 Å². The quantitative estimate of drug-likeness (QED) is 0.743. The van der Waals surface area contributed by atoms with E-state index in [4.69, 9.17) is 14.7 Å². The smallest absolute Gasteiger partial charge is 0.319 e. The van der Waals surface area contributed by atoms with Crippen molar-refractivity contribution in [1.82, 2.24) is 9.97 Å². The van der Waals surface area contributed by atoms with Gasteiger partial charge in [0.1, 0.15) is 0 Å². The molecule has 1 heterocycles. The topological polar surface area (TPSA) is 68.0 Å². The van der Waals surface area contributed by atoms with Crippen LogP contribution in [0.15, 0.2) is 12.3 Å². The van der Waals surface area contributed by atoms with Gasteiger partial charge < -0.3 is 9.47 Å². The minimum Gasteiger partial charge on any atom is -0.480 e. The number of methoxy groups -OCH3 is 2. The fourth-order valence-corrected chi connectivity index (χ4v) is 0.975. The van der Waals surface area contributed by atoms with Gasteiger partial charge in [-0.1, -0.05) is 12.2 Å². The fourth-order valence-electron chi connectivity index (χ4n) is 0.975. The highest BCUT2D eigenvalue weighted by atomic mass is 16.5. The van der Waals surface area contributed by atoms with Crippen LogP contribution in [0.1, 0.15) is 12.0 Å². The summed E-state index contributed by atoms with van der Waals surface area (Å²) in [5.74, 6) is 0.427. The lowest BCUT2D eigenvalue weighted by Crippen LogP contribution is -1.97. The first-order valence-corrected chi connectivity index (χ1v) is 4.30. The molecule has 0 unspecified atom stereocenters. The third-order valence-corrected chi connectivity index (χ3v) is 1.64. The molecule has 5 heteroatoms. The Hall–Kier alpha value is -2.09. The molecule has 0 amide bonds. The van der Waals surface area contributed by atoms with Crippen LogP contribution in [-0.2, 0) is 0 Å². The predicted molar refractivity (Wildman–Crippen MR) is 54.4 cm³/mol. The Morgan fingerprint density at radius 1 is 1.47 bits per heavy atom. The third kappa shape index (κ3) is 2.95. The van der Waals surface area contributed by atoms with Crippen molar-refractivity contribution < 1.29 is 9.47 Å². The molecule has 0 bridgehead atoms. The summed E-state index contributed by atoms with van der Waals surface area (Å²) in [6.07, 6.45) is 5.38. The highest BCUT2D eigenvalue weighted by Crippen LogP contribution is 2.18. The maximum atomic E-state index is 8.37. The summed E-state index contributed by atoms with van der Waals surface area (Å²) in [6.45, 7) is 0. The van der Waals surface area contributed by atoms with Crippen molar-refractivity contribution in [2.24, 2.45) is 0 Å². The van der Waals surface area contributed by atoms with Crippen LogP contribution in [-0.4, -0.2) is 24.2 Å². The molecule has 0 aliphatic heterocycles. The van der Waals surface area contributed by atoms with Gasteiger partial charge in [0.2, 0.25) is 5.88 Å². The first-order chi connectivity index (χ1) is 7.31. The van der Waals surface area contributed by atoms with Gasteiger partial charge in [-0.15, -0.1) is 0 Å². The first-order valence-electron chi connectivity index (χ1n) is 4.30. The number of nitrogens with zero attached hydrogens (tertiary/aromatic N) is 3. The van der Waals surface area contributed by atoms with Gasteiger partial charge in [-0.2, -0.15) is 10.2 Å². The number of allylic oxidation sites excluding steroid dienone is 1. The summed E-state index contributed by atoms with van der Waals surface area (Å²) in [6, 6.07) is 2.26. The molecule has 5 nitrogen and oxygen atoms in total. The summed E-state index contributed by atoms with van der Waals surface area (Å²) in [5, 5.41) is 8.37. The lowest BCUT2D eigenvalue weighted by molar-refractivity contribution is 0.351. The Labute approximate surface area is 88.0 Å². The number of hydrogen-bond acceptors (Lipinski definition) is 5. The summed E-state index contributed by atoms with van der Waals surface area (Å²) in [5.41, 5.74) is 0.716. The second-order valence-corrected chi connectivity index (χ2v) is 2.59. The van der Waals surface area contributed by atoms with Crippen LogP contribution in [0.5, 0.6) is 11.9 Å². The van der Waals surface area contributed by atoms with E-state index >= 15 is 0 Å².